The molecule has 0 aromatic heterocycles. The minimum atomic E-state index is -4.39. The van der Waals surface area contributed by atoms with Crippen molar-refractivity contribution < 1.29 is 22.9 Å². The van der Waals surface area contributed by atoms with Crippen molar-refractivity contribution in [3.8, 4) is 0 Å². The van der Waals surface area contributed by atoms with E-state index in [4.69, 9.17) is 0 Å². The highest BCUT2D eigenvalue weighted by Crippen LogP contribution is 2.45. The normalized spacial score (nSPS) is 30.0. The quantitative estimate of drug-likeness (QED) is 0.618. The van der Waals surface area contributed by atoms with Crippen LogP contribution in [0.25, 0.3) is 6.08 Å². The zero-order valence-electron chi connectivity index (χ0n) is 12.7. The van der Waals surface area contributed by atoms with Gasteiger partial charge in [-0.2, -0.15) is 13.2 Å². The van der Waals surface area contributed by atoms with E-state index in [1.165, 1.54) is 12.1 Å². The fraction of sp³-hybridized carbons (Fsp3) is 0.471. The molecule has 2 bridgehead atoms. The summed E-state index contributed by atoms with van der Waals surface area (Å²) < 4.78 is 37.7. The number of hydrogen-bond donors (Lipinski definition) is 0. The number of rotatable bonds is 3. The molecule has 0 aliphatic heterocycles. The summed E-state index contributed by atoms with van der Waals surface area (Å²) in [5.41, 5.74) is -0.214. The van der Waals surface area contributed by atoms with Gasteiger partial charge in [-0.3, -0.25) is 14.9 Å². The van der Waals surface area contributed by atoms with Crippen LogP contribution in [0.4, 0.5) is 13.2 Å². The first-order valence-corrected chi connectivity index (χ1v) is 7.79. The summed E-state index contributed by atoms with van der Waals surface area (Å²) >= 11 is 0. The average molecular weight is 339 g/mol. The number of fused-ring (bicyclic) bond motifs is 3. The van der Waals surface area contributed by atoms with Gasteiger partial charge in [-0.1, -0.05) is 24.3 Å². The van der Waals surface area contributed by atoms with E-state index in [1.807, 2.05) is 0 Å². The van der Waals surface area contributed by atoms with Gasteiger partial charge >= 0.3 is 6.18 Å². The molecule has 0 radical (unpaired) electrons. The molecule has 4 rings (SSSR count). The van der Waals surface area contributed by atoms with Gasteiger partial charge in [0.1, 0.15) is 5.78 Å². The predicted octanol–water partition coefficient (Wildman–Crippen LogP) is 3.98. The Bertz CT molecular complexity index is 681. The lowest BCUT2D eigenvalue weighted by molar-refractivity contribution is -0.545. The van der Waals surface area contributed by atoms with Gasteiger partial charge in [-0.25, -0.2) is 0 Å². The Kier molecular flexibility index (Phi) is 4.19. The van der Waals surface area contributed by atoms with Crippen LogP contribution in [0.5, 0.6) is 0 Å². The molecule has 0 heterocycles. The topological polar surface area (TPSA) is 60.2 Å². The average Bonchev–Trinajstić information content (AvgIpc) is 2.52. The number of halogens is 3. The minimum absolute atomic E-state index is 0.0615. The second-order valence-corrected chi connectivity index (χ2v) is 6.45. The van der Waals surface area contributed by atoms with Gasteiger partial charge in [0, 0.05) is 23.2 Å². The van der Waals surface area contributed by atoms with Crippen molar-refractivity contribution in [2.24, 2.45) is 17.8 Å². The Labute approximate surface area is 136 Å². The molecule has 7 heteroatoms. The highest BCUT2D eigenvalue weighted by atomic mass is 19.4. The van der Waals surface area contributed by atoms with E-state index in [0.717, 1.165) is 12.1 Å². The maximum absolute atomic E-state index is 12.6. The van der Waals surface area contributed by atoms with E-state index in [0.29, 0.717) is 18.4 Å². The third-order valence-corrected chi connectivity index (χ3v) is 5.06. The zero-order valence-corrected chi connectivity index (χ0v) is 12.7. The van der Waals surface area contributed by atoms with Gasteiger partial charge in [0.05, 0.1) is 11.5 Å². The first-order chi connectivity index (χ1) is 11.3. The van der Waals surface area contributed by atoms with Crippen molar-refractivity contribution in [1.29, 1.82) is 0 Å². The molecule has 0 saturated heterocycles. The second kappa shape index (κ2) is 6.03. The van der Waals surface area contributed by atoms with Crippen LogP contribution in [0, 0.1) is 27.9 Å². The smallest absolute Gasteiger partial charge is 0.299 e. The number of ketones is 1. The Balaban J connectivity index is 1.81. The van der Waals surface area contributed by atoms with Crippen molar-refractivity contribution in [3.05, 3.63) is 51.6 Å². The van der Waals surface area contributed by atoms with Crippen LogP contribution < -0.4 is 0 Å². The van der Waals surface area contributed by atoms with Gasteiger partial charge in [-0.05, 0) is 30.5 Å². The van der Waals surface area contributed by atoms with Crippen molar-refractivity contribution >= 4 is 11.9 Å². The molecule has 0 amide bonds. The molecule has 3 saturated carbocycles. The van der Waals surface area contributed by atoms with Gasteiger partial charge < -0.3 is 0 Å². The molecule has 4 nitrogen and oxygen atoms in total. The summed E-state index contributed by atoms with van der Waals surface area (Å²) in [4.78, 5) is 23.1. The van der Waals surface area contributed by atoms with Crippen LogP contribution in [0.3, 0.4) is 0 Å². The van der Waals surface area contributed by atoms with Crippen LogP contribution in [-0.2, 0) is 11.0 Å². The molecule has 3 aliphatic rings. The van der Waals surface area contributed by atoms with Crippen LogP contribution >= 0.6 is 0 Å². The summed E-state index contributed by atoms with van der Waals surface area (Å²) in [6.07, 6.45) is 0.413. The largest absolute Gasteiger partial charge is 0.416 e. The molecular weight excluding hydrogens is 323 g/mol. The number of benzene rings is 1. The van der Waals surface area contributed by atoms with E-state index in [1.54, 1.807) is 12.2 Å². The van der Waals surface area contributed by atoms with E-state index < -0.39 is 23.7 Å². The molecule has 128 valence electrons. The number of carbonyl (C=O) groups is 1. The summed E-state index contributed by atoms with van der Waals surface area (Å²) in [6, 6.07) is 3.81. The van der Waals surface area contributed by atoms with Gasteiger partial charge in [0.25, 0.3) is 0 Å². The lowest BCUT2D eigenvalue weighted by Crippen LogP contribution is -2.51. The molecule has 0 spiro atoms. The van der Waals surface area contributed by atoms with Crippen LogP contribution in [0.1, 0.15) is 30.4 Å². The Morgan fingerprint density at radius 3 is 2.38 bits per heavy atom. The number of nitro groups is 1. The van der Waals surface area contributed by atoms with Crippen LogP contribution in [0.15, 0.2) is 30.3 Å². The molecule has 1 aromatic rings. The van der Waals surface area contributed by atoms with E-state index >= 15 is 0 Å². The third-order valence-electron chi connectivity index (χ3n) is 5.06. The summed E-state index contributed by atoms with van der Waals surface area (Å²) in [7, 11) is 0. The molecular formula is C17H16F3NO3. The fourth-order valence-corrected chi connectivity index (χ4v) is 3.88. The minimum Gasteiger partial charge on any atom is -0.299 e. The number of carbonyl (C=O) groups excluding carboxylic acids is 1. The molecule has 4 atom stereocenters. The SMILES string of the molecule is O=C1C[C@@H]2CC[C@H]1[C@@H](C=Cc1ccc(C(F)(F)F)cc1)[C@H]2[N+](=O)[O-]. The predicted molar refractivity (Wildman–Crippen MR) is 80.6 cm³/mol. The maximum atomic E-state index is 12.6. The summed E-state index contributed by atoms with van der Waals surface area (Å²) in [5.74, 6) is -1.01. The maximum Gasteiger partial charge on any atom is 0.416 e. The van der Waals surface area contributed by atoms with E-state index in [9.17, 15) is 28.1 Å². The standard InChI is InChI=1S/C17H16F3NO3/c18-17(19,20)12-5-1-10(2-6-12)3-7-14-13-8-4-11(9-15(13)22)16(14)21(23)24/h1-3,5-7,11,13-14,16H,4,8-9H2/t11-,13-,14+,16-/m0/s1. The van der Waals surface area contributed by atoms with Crippen molar-refractivity contribution in [2.75, 3.05) is 0 Å². The molecule has 0 N–H and O–H groups in total. The van der Waals surface area contributed by atoms with Gasteiger partial charge in [-0.15, -0.1) is 0 Å². The number of nitrogens with zero attached hydrogens (tertiary/aromatic N) is 1. The lowest BCUT2D eigenvalue weighted by atomic mass is 9.61. The van der Waals surface area contributed by atoms with Crippen molar-refractivity contribution in [3.63, 3.8) is 0 Å². The van der Waals surface area contributed by atoms with E-state index in [-0.39, 0.29) is 29.0 Å². The Morgan fingerprint density at radius 2 is 1.83 bits per heavy atom. The van der Waals surface area contributed by atoms with Crippen LogP contribution in [0.2, 0.25) is 0 Å². The molecule has 1 aromatic carbocycles. The van der Waals surface area contributed by atoms with Gasteiger partial charge in [0.15, 0.2) is 0 Å². The van der Waals surface area contributed by atoms with E-state index in [2.05, 4.69) is 0 Å². The first-order valence-electron chi connectivity index (χ1n) is 7.79. The monoisotopic (exact) mass is 339 g/mol. The lowest BCUT2D eigenvalue weighted by Gasteiger charge is -2.41. The number of hydrogen-bond acceptors (Lipinski definition) is 3. The Hall–Kier alpha value is -2.18. The highest BCUT2D eigenvalue weighted by molar-refractivity contribution is 5.84. The Morgan fingerprint density at radius 1 is 1.17 bits per heavy atom. The molecule has 0 unspecified atom stereocenters. The fourth-order valence-electron chi connectivity index (χ4n) is 3.88. The van der Waals surface area contributed by atoms with Crippen molar-refractivity contribution in [1.82, 2.24) is 0 Å². The third kappa shape index (κ3) is 3.07. The van der Waals surface area contributed by atoms with Gasteiger partial charge in [0.2, 0.25) is 6.04 Å². The number of Topliss-reactive ketones (excluding diaryl/α,β-unsaturated/α-hetero) is 1. The zero-order chi connectivity index (χ0) is 17.5. The summed E-state index contributed by atoms with van der Waals surface area (Å²) in [6.45, 7) is 0. The molecule has 3 fully saturated rings. The van der Waals surface area contributed by atoms with Crippen molar-refractivity contribution in [2.45, 2.75) is 31.5 Å². The molecule has 24 heavy (non-hydrogen) atoms. The first kappa shape index (κ1) is 16.7. The highest BCUT2D eigenvalue weighted by Gasteiger charge is 2.53. The second-order valence-electron chi connectivity index (χ2n) is 6.45. The molecule has 3 aliphatic carbocycles. The number of alkyl halides is 3. The van der Waals surface area contributed by atoms with Crippen LogP contribution in [-0.4, -0.2) is 16.7 Å². The summed E-state index contributed by atoms with van der Waals surface area (Å²) in [5, 5.41) is 11.4.